The van der Waals surface area contributed by atoms with E-state index in [0.29, 0.717) is 18.5 Å². The van der Waals surface area contributed by atoms with Crippen LogP contribution in [-0.2, 0) is 16.1 Å². The van der Waals surface area contributed by atoms with Crippen LogP contribution in [0.25, 0.3) is 17.0 Å². The van der Waals surface area contributed by atoms with Crippen molar-refractivity contribution >= 4 is 28.8 Å². The van der Waals surface area contributed by atoms with Crippen LogP contribution < -0.4 is 5.73 Å². The van der Waals surface area contributed by atoms with Crippen molar-refractivity contribution in [2.24, 2.45) is 5.73 Å². The zero-order chi connectivity index (χ0) is 21.7. The van der Waals surface area contributed by atoms with E-state index in [2.05, 4.69) is 6.07 Å². The average Bonchev–Trinajstić information content (AvgIpc) is 3.08. The molecule has 152 valence electrons. The predicted molar refractivity (Wildman–Crippen MR) is 112 cm³/mol. The second-order valence-electron chi connectivity index (χ2n) is 6.85. The number of amides is 2. The number of benzene rings is 2. The van der Waals surface area contributed by atoms with E-state index in [1.54, 1.807) is 12.1 Å². The van der Waals surface area contributed by atoms with Gasteiger partial charge in [-0.1, -0.05) is 30.3 Å². The molecular formula is C23H21FN4O2. The maximum Gasteiger partial charge on any atom is 0.247 e. The van der Waals surface area contributed by atoms with Crippen molar-refractivity contribution in [1.82, 2.24) is 9.47 Å². The highest BCUT2D eigenvalue weighted by molar-refractivity contribution is 5.98. The molecule has 0 saturated carbocycles. The summed E-state index contributed by atoms with van der Waals surface area (Å²) in [6, 6.07) is 14.2. The topological polar surface area (TPSA) is 92.1 Å². The Balaban J connectivity index is 1.87. The van der Waals surface area contributed by atoms with Gasteiger partial charge in [-0.2, -0.15) is 5.26 Å². The Kier molecular flexibility index (Phi) is 6.28. The molecule has 7 heteroatoms. The molecule has 1 unspecified atom stereocenters. The number of primary amides is 1. The van der Waals surface area contributed by atoms with Gasteiger partial charge in [-0.25, -0.2) is 4.39 Å². The number of hydrogen-bond acceptors (Lipinski definition) is 3. The van der Waals surface area contributed by atoms with Gasteiger partial charge in [0.05, 0.1) is 12.5 Å². The molecule has 0 saturated heterocycles. The molecule has 2 N–H and O–H groups in total. The third kappa shape index (κ3) is 4.39. The summed E-state index contributed by atoms with van der Waals surface area (Å²) < 4.78 is 15.5. The van der Waals surface area contributed by atoms with Crippen LogP contribution >= 0.6 is 0 Å². The molecule has 0 radical (unpaired) electrons. The first-order valence-corrected chi connectivity index (χ1v) is 9.37. The van der Waals surface area contributed by atoms with Gasteiger partial charge in [0, 0.05) is 42.3 Å². The fraction of sp³-hybridized carbons (Fsp3) is 0.174. The minimum absolute atomic E-state index is 0.305. The van der Waals surface area contributed by atoms with E-state index in [1.807, 2.05) is 35.0 Å². The standard InChI is InChI=1S/C23H21FN4O2/c1-27(22(23(26)30)16-6-4-7-18(24)14-16)21(29)11-10-17-15-28(13-5-12-25)20-9-3-2-8-19(17)20/h2-4,6-11,14-15,22H,5,13H2,1H3,(H2,26,30)/b11-10+. The molecule has 0 aliphatic rings. The second kappa shape index (κ2) is 9.05. The number of halogens is 1. The first kappa shape index (κ1) is 20.8. The molecule has 1 heterocycles. The largest absolute Gasteiger partial charge is 0.368 e. The van der Waals surface area contributed by atoms with Gasteiger partial charge in [0.2, 0.25) is 11.8 Å². The van der Waals surface area contributed by atoms with Crippen LogP contribution in [0, 0.1) is 17.1 Å². The first-order valence-electron chi connectivity index (χ1n) is 9.37. The number of nitrogens with zero attached hydrogens (tertiary/aromatic N) is 3. The van der Waals surface area contributed by atoms with Crippen molar-refractivity contribution in [3.8, 4) is 6.07 Å². The molecule has 0 bridgehead atoms. The van der Waals surface area contributed by atoms with Crippen LogP contribution in [0.4, 0.5) is 4.39 Å². The number of rotatable bonds is 7. The van der Waals surface area contributed by atoms with E-state index in [9.17, 15) is 14.0 Å². The zero-order valence-corrected chi connectivity index (χ0v) is 16.5. The maximum atomic E-state index is 13.6. The number of hydrogen-bond donors (Lipinski definition) is 1. The SMILES string of the molecule is CN(C(=O)/C=C/c1cn(CCC#N)c2ccccc12)C(C(N)=O)c1cccc(F)c1. The Labute approximate surface area is 173 Å². The van der Waals surface area contributed by atoms with Crippen molar-refractivity contribution in [3.63, 3.8) is 0 Å². The smallest absolute Gasteiger partial charge is 0.247 e. The molecule has 2 amide bonds. The summed E-state index contributed by atoms with van der Waals surface area (Å²) in [6.45, 7) is 0.544. The highest BCUT2D eigenvalue weighted by atomic mass is 19.1. The summed E-state index contributed by atoms with van der Waals surface area (Å²) in [5.41, 5.74) is 7.56. The van der Waals surface area contributed by atoms with E-state index in [4.69, 9.17) is 11.0 Å². The molecule has 1 aromatic heterocycles. The number of likely N-dealkylation sites (N-methyl/N-ethyl adjacent to an activating group) is 1. The lowest BCUT2D eigenvalue weighted by Crippen LogP contribution is -2.38. The van der Waals surface area contributed by atoms with Crippen LogP contribution in [0.2, 0.25) is 0 Å². The molecule has 6 nitrogen and oxygen atoms in total. The fourth-order valence-electron chi connectivity index (χ4n) is 3.42. The van der Waals surface area contributed by atoms with Crippen molar-refractivity contribution in [2.75, 3.05) is 7.05 Å². The van der Waals surface area contributed by atoms with Crippen molar-refractivity contribution in [1.29, 1.82) is 5.26 Å². The summed E-state index contributed by atoms with van der Waals surface area (Å²) in [5.74, 6) is -1.71. The fourth-order valence-corrected chi connectivity index (χ4v) is 3.42. The van der Waals surface area contributed by atoms with E-state index in [1.165, 1.54) is 36.2 Å². The normalized spacial score (nSPS) is 12.0. The Morgan fingerprint density at radius 2 is 2.03 bits per heavy atom. The van der Waals surface area contributed by atoms with Crippen LogP contribution in [0.1, 0.15) is 23.6 Å². The lowest BCUT2D eigenvalue weighted by Gasteiger charge is -2.25. The molecule has 1 atom stereocenters. The van der Waals surface area contributed by atoms with E-state index in [-0.39, 0.29) is 0 Å². The number of nitriles is 1. The van der Waals surface area contributed by atoms with Crippen LogP contribution in [0.3, 0.4) is 0 Å². The lowest BCUT2D eigenvalue weighted by molar-refractivity contribution is -0.134. The monoisotopic (exact) mass is 404 g/mol. The Morgan fingerprint density at radius 1 is 1.27 bits per heavy atom. The van der Waals surface area contributed by atoms with Gasteiger partial charge < -0.3 is 15.2 Å². The van der Waals surface area contributed by atoms with Gasteiger partial charge in [-0.3, -0.25) is 9.59 Å². The Bertz CT molecular complexity index is 1160. The van der Waals surface area contributed by atoms with E-state index in [0.717, 1.165) is 16.5 Å². The quantitative estimate of drug-likeness (QED) is 0.612. The van der Waals surface area contributed by atoms with Crippen LogP contribution in [0.5, 0.6) is 0 Å². The third-order valence-corrected chi connectivity index (χ3v) is 4.86. The molecule has 0 fully saturated rings. The zero-order valence-electron chi connectivity index (χ0n) is 16.5. The first-order chi connectivity index (χ1) is 14.4. The van der Waals surface area contributed by atoms with Crippen LogP contribution in [-0.4, -0.2) is 28.3 Å². The van der Waals surface area contributed by atoms with E-state index < -0.39 is 23.7 Å². The van der Waals surface area contributed by atoms with Gasteiger partial charge in [-0.15, -0.1) is 0 Å². The summed E-state index contributed by atoms with van der Waals surface area (Å²) in [5, 5.41) is 9.81. The second-order valence-corrected chi connectivity index (χ2v) is 6.85. The molecular weight excluding hydrogens is 383 g/mol. The molecule has 30 heavy (non-hydrogen) atoms. The van der Waals surface area contributed by atoms with Crippen LogP contribution in [0.15, 0.2) is 60.8 Å². The number of fused-ring (bicyclic) bond motifs is 1. The van der Waals surface area contributed by atoms with Crippen molar-refractivity contribution in [2.45, 2.75) is 19.0 Å². The summed E-state index contributed by atoms with van der Waals surface area (Å²) in [4.78, 5) is 25.9. The maximum absolute atomic E-state index is 13.6. The third-order valence-electron chi connectivity index (χ3n) is 4.86. The molecule has 0 aliphatic carbocycles. The number of carbonyl (C=O) groups excluding carboxylic acids is 2. The molecule has 3 aromatic rings. The number of para-hydroxylation sites is 1. The molecule has 2 aromatic carbocycles. The number of aryl methyl sites for hydroxylation is 1. The number of carbonyl (C=O) groups is 2. The predicted octanol–water partition coefficient (Wildman–Crippen LogP) is 3.39. The molecule has 0 aliphatic heterocycles. The van der Waals surface area contributed by atoms with Crippen molar-refractivity contribution in [3.05, 3.63) is 77.7 Å². The van der Waals surface area contributed by atoms with Gasteiger partial charge in [0.15, 0.2) is 0 Å². The van der Waals surface area contributed by atoms with Gasteiger partial charge in [0.1, 0.15) is 11.9 Å². The van der Waals surface area contributed by atoms with Gasteiger partial charge >= 0.3 is 0 Å². The average molecular weight is 404 g/mol. The highest BCUT2D eigenvalue weighted by Gasteiger charge is 2.26. The summed E-state index contributed by atoms with van der Waals surface area (Å²) in [7, 11) is 1.45. The lowest BCUT2D eigenvalue weighted by atomic mass is 10.0. The Hall–Kier alpha value is -3.92. The highest BCUT2D eigenvalue weighted by Crippen LogP contribution is 2.24. The van der Waals surface area contributed by atoms with Gasteiger partial charge in [-0.05, 0) is 29.8 Å². The number of aromatic nitrogens is 1. The molecule has 0 spiro atoms. The minimum Gasteiger partial charge on any atom is -0.368 e. The summed E-state index contributed by atoms with van der Waals surface area (Å²) in [6.07, 6.45) is 5.26. The molecule has 3 rings (SSSR count). The van der Waals surface area contributed by atoms with Crippen molar-refractivity contribution < 1.29 is 14.0 Å². The Morgan fingerprint density at radius 3 is 2.73 bits per heavy atom. The van der Waals surface area contributed by atoms with Gasteiger partial charge in [0.25, 0.3) is 0 Å². The minimum atomic E-state index is -1.09. The van der Waals surface area contributed by atoms with E-state index >= 15 is 0 Å². The number of nitrogens with two attached hydrogens (primary N) is 1. The summed E-state index contributed by atoms with van der Waals surface area (Å²) >= 11 is 0.